The minimum atomic E-state index is -3.68. The molecule has 3 heterocycles. The second kappa shape index (κ2) is 3.98. The van der Waals surface area contributed by atoms with Crippen LogP contribution in [-0.4, -0.2) is 23.1 Å². The Bertz CT molecular complexity index is 563. The first kappa shape index (κ1) is 11.8. The van der Waals surface area contributed by atoms with Gasteiger partial charge in [-0.05, 0) is 18.9 Å². The number of rotatable bonds is 0. The number of hydrogen-bond donors (Lipinski definition) is 0. The maximum absolute atomic E-state index is 14.8. The van der Waals surface area contributed by atoms with E-state index >= 15 is 0 Å². The van der Waals surface area contributed by atoms with Crippen molar-refractivity contribution in [3.05, 3.63) is 35.1 Å². The minimum absolute atomic E-state index is 0.0147. The number of nitrogens with zero attached hydrogens (tertiary/aromatic N) is 2. The van der Waals surface area contributed by atoms with Crippen molar-refractivity contribution in [3.8, 4) is 0 Å². The number of fused-ring (bicyclic) bond motifs is 4. The Kier molecular flexibility index (Phi) is 2.46. The van der Waals surface area contributed by atoms with Gasteiger partial charge in [-0.3, -0.25) is 0 Å². The highest BCUT2D eigenvalue weighted by Crippen LogP contribution is 2.49. The second-order valence-corrected chi connectivity index (χ2v) is 6.78. The molecule has 0 amide bonds. The first-order chi connectivity index (χ1) is 9.18. The van der Waals surface area contributed by atoms with Crippen molar-refractivity contribution in [1.29, 1.82) is 0 Å². The Morgan fingerprint density at radius 3 is 3.00 bits per heavy atom. The highest BCUT2D eigenvalue weighted by Gasteiger charge is 2.58. The van der Waals surface area contributed by atoms with Crippen molar-refractivity contribution in [2.45, 2.75) is 37.0 Å². The van der Waals surface area contributed by atoms with Gasteiger partial charge in [0.15, 0.2) is 5.69 Å². The molecule has 6 heteroatoms. The van der Waals surface area contributed by atoms with Gasteiger partial charge in [0, 0.05) is 28.5 Å². The lowest BCUT2D eigenvalue weighted by Gasteiger charge is -2.41. The third-order valence-corrected chi connectivity index (χ3v) is 5.84. The van der Waals surface area contributed by atoms with Gasteiger partial charge in [-0.25, -0.2) is 0 Å². The van der Waals surface area contributed by atoms with E-state index in [9.17, 15) is 8.63 Å². The van der Waals surface area contributed by atoms with E-state index in [4.69, 9.17) is 0 Å². The quantitative estimate of drug-likeness (QED) is 0.675. The maximum Gasteiger partial charge on any atom is 0.733 e. The maximum atomic E-state index is 14.8. The summed E-state index contributed by atoms with van der Waals surface area (Å²) in [6, 6.07) is 5.28. The summed E-state index contributed by atoms with van der Waals surface area (Å²) in [6.45, 7) is -3.68. The fourth-order valence-electron chi connectivity index (χ4n) is 3.54. The van der Waals surface area contributed by atoms with Crippen LogP contribution in [0.15, 0.2) is 29.4 Å². The predicted molar refractivity (Wildman–Crippen MR) is 73.5 cm³/mol. The Labute approximate surface area is 115 Å². The summed E-state index contributed by atoms with van der Waals surface area (Å²) in [5.41, 5.74) is 0.616. The van der Waals surface area contributed by atoms with Gasteiger partial charge in [-0.2, -0.15) is 0 Å². The molecule has 2 unspecified atom stereocenters. The van der Waals surface area contributed by atoms with Gasteiger partial charge in [0.05, 0.1) is 0 Å². The molecule has 2 atom stereocenters. The van der Waals surface area contributed by atoms with Crippen LogP contribution in [0, 0.1) is 0 Å². The molecule has 0 spiro atoms. The van der Waals surface area contributed by atoms with Gasteiger partial charge in [-0.15, -0.1) is 11.8 Å². The molecule has 3 aliphatic rings. The highest BCUT2D eigenvalue weighted by atomic mass is 32.2. The number of aromatic nitrogens is 1. The smallest absolute Gasteiger partial charge is 0.411 e. The van der Waals surface area contributed by atoms with Crippen LogP contribution in [-0.2, 0) is 0 Å². The van der Waals surface area contributed by atoms with Gasteiger partial charge in [-0.1, -0.05) is 18.9 Å². The van der Waals surface area contributed by atoms with Crippen molar-refractivity contribution in [3.63, 3.8) is 0 Å². The van der Waals surface area contributed by atoms with E-state index in [-0.39, 0.29) is 6.04 Å². The van der Waals surface area contributed by atoms with Crippen LogP contribution in [0.2, 0.25) is 0 Å². The third-order valence-electron chi connectivity index (χ3n) is 4.42. The van der Waals surface area contributed by atoms with E-state index in [1.54, 1.807) is 23.9 Å². The van der Waals surface area contributed by atoms with Crippen molar-refractivity contribution in [2.75, 3.05) is 0 Å². The van der Waals surface area contributed by atoms with Gasteiger partial charge < -0.3 is 17.9 Å². The summed E-state index contributed by atoms with van der Waals surface area (Å²) in [7, 11) is 0. The monoisotopic (exact) mass is 280 g/mol. The molecule has 1 aromatic rings. The summed E-state index contributed by atoms with van der Waals surface area (Å²) in [5.74, 6) is 0. The molecule has 0 bridgehead atoms. The first-order valence-electron chi connectivity index (χ1n) is 6.87. The van der Waals surface area contributed by atoms with Gasteiger partial charge in [0.2, 0.25) is 0 Å². The average molecular weight is 280 g/mol. The van der Waals surface area contributed by atoms with Crippen LogP contribution in [0.1, 0.15) is 31.4 Å². The standard InChI is InChI=1S/C13H15BF2N2S/c15-14(16)17-8-4-3-5-10(17)9-13-18(14)11-6-1-2-7-12(11)19-13/h3-5,8-9,11-12H,1-2,6-7H2. The van der Waals surface area contributed by atoms with Crippen molar-refractivity contribution in [2.24, 2.45) is 0 Å². The van der Waals surface area contributed by atoms with E-state index < -0.39 is 6.97 Å². The Morgan fingerprint density at radius 2 is 2.11 bits per heavy atom. The average Bonchev–Trinajstić information content (AvgIpc) is 2.77. The normalized spacial score (nSPS) is 31.3. The minimum Gasteiger partial charge on any atom is -0.411 e. The van der Waals surface area contributed by atoms with E-state index in [0.717, 1.165) is 28.8 Å². The van der Waals surface area contributed by atoms with Crippen molar-refractivity contribution < 1.29 is 13.1 Å². The van der Waals surface area contributed by atoms with E-state index in [1.165, 1.54) is 17.4 Å². The zero-order chi connectivity index (χ0) is 13.0. The van der Waals surface area contributed by atoms with Crippen LogP contribution in [0.25, 0.3) is 6.08 Å². The summed E-state index contributed by atoms with van der Waals surface area (Å²) in [5, 5.41) is 1.12. The second-order valence-electron chi connectivity index (χ2n) is 5.52. The lowest BCUT2D eigenvalue weighted by Crippen LogP contribution is -2.72. The van der Waals surface area contributed by atoms with Crippen molar-refractivity contribution in [1.82, 2.24) is 4.81 Å². The lowest BCUT2D eigenvalue weighted by atomic mass is 9.83. The zero-order valence-electron chi connectivity index (χ0n) is 10.5. The third kappa shape index (κ3) is 1.58. The molecule has 2 fully saturated rings. The predicted octanol–water partition coefficient (Wildman–Crippen LogP) is 2.87. The van der Waals surface area contributed by atoms with Gasteiger partial charge in [0.25, 0.3) is 0 Å². The highest BCUT2D eigenvalue weighted by molar-refractivity contribution is 8.04. The molecule has 0 radical (unpaired) electrons. The van der Waals surface area contributed by atoms with E-state index in [0.29, 0.717) is 10.9 Å². The zero-order valence-corrected chi connectivity index (χ0v) is 11.3. The van der Waals surface area contributed by atoms with Crippen LogP contribution < -0.4 is 4.48 Å². The Hall–Kier alpha value is -1.04. The van der Waals surface area contributed by atoms with Crippen LogP contribution in [0.4, 0.5) is 8.63 Å². The van der Waals surface area contributed by atoms with E-state index in [2.05, 4.69) is 0 Å². The number of hydrogen-bond acceptors (Lipinski definition) is 2. The van der Waals surface area contributed by atoms with E-state index in [1.807, 2.05) is 12.1 Å². The molecule has 19 heavy (non-hydrogen) atoms. The summed E-state index contributed by atoms with van der Waals surface area (Å²) < 4.78 is 30.8. The molecule has 0 aromatic carbocycles. The topological polar surface area (TPSA) is 7.12 Å². The fraction of sp³-hybridized carbons (Fsp3) is 0.462. The molecule has 1 aliphatic carbocycles. The van der Waals surface area contributed by atoms with Gasteiger partial charge >= 0.3 is 6.97 Å². The number of pyridine rings is 1. The van der Waals surface area contributed by atoms with Crippen LogP contribution in [0.5, 0.6) is 0 Å². The molecule has 1 saturated carbocycles. The molecule has 2 nitrogen and oxygen atoms in total. The molecule has 1 aromatic heterocycles. The fourth-order valence-corrected chi connectivity index (χ4v) is 5.13. The lowest BCUT2D eigenvalue weighted by molar-refractivity contribution is -0.578. The Morgan fingerprint density at radius 1 is 1.26 bits per heavy atom. The first-order valence-corrected chi connectivity index (χ1v) is 7.75. The van der Waals surface area contributed by atoms with Gasteiger partial charge in [0.1, 0.15) is 6.20 Å². The number of halogens is 2. The molecule has 2 aliphatic heterocycles. The summed E-state index contributed by atoms with van der Waals surface area (Å²) >= 11 is 1.65. The summed E-state index contributed by atoms with van der Waals surface area (Å²) in [4.78, 5) is 1.42. The largest absolute Gasteiger partial charge is 0.733 e. The SMILES string of the molecule is F[B-]1(F)N2C(=Cc3cccc[n+]31)SC1CCCCC12. The van der Waals surface area contributed by atoms with Crippen molar-refractivity contribution >= 4 is 24.8 Å². The Balaban J connectivity index is 1.84. The van der Waals surface area contributed by atoms with Crippen LogP contribution >= 0.6 is 11.8 Å². The van der Waals surface area contributed by atoms with Crippen LogP contribution in [0.3, 0.4) is 0 Å². The molecule has 100 valence electrons. The molecule has 4 rings (SSSR count). The molecule has 0 N–H and O–H groups in total. The molecular formula is C13H15BF2N2S. The molecular weight excluding hydrogens is 265 g/mol. The molecule has 1 saturated heterocycles. The summed E-state index contributed by atoms with van der Waals surface area (Å²) in [6.07, 6.45) is 7.63. The number of thioether (sulfide) groups is 1.